The van der Waals surface area contributed by atoms with Crippen LogP contribution in [0.25, 0.3) is 16.5 Å². The van der Waals surface area contributed by atoms with Crippen LogP contribution < -0.4 is 5.56 Å². The lowest BCUT2D eigenvalue weighted by Gasteiger charge is -2.06. The number of rotatable bonds is 2. The zero-order chi connectivity index (χ0) is 17.0. The maximum Gasteiger partial charge on any atom is 0.354 e. The van der Waals surface area contributed by atoms with Gasteiger partial charge in [-0.1, -0.05) is 6.92 Å². The molecular formula is C17H18N2O4. The van der Waals surface area contributed by atoms with E-state index in [9.17, 15) is 14.4 Å². The molecule has 0 aromatic carbocycles. The largest absolute Gasteiger partial charge is 0.464 e. The Morgan fingerprint density at radius 2 is 1.91 bits per heavy atom. The maximum absolute atomic E-state index is 12.9. The van der Waals surface area contributed by atoms with Crippen LogP contribution in [-0.2, 0) is 11.8 Å². The zero-order valence-electron chi connectivity index (χ0n) is 13.8. The van der Waals surface area contributed by atoms with Crippen molar-refractivity contribution in [2.24, 2.45) is 7.05 Å². The van der Waals surface area contributed by atoms with Gasteiger partial charge in [-0.05, 0) is 37.5 Å². The van der Waals surface area contributed by atoms with E-state index in [0.717, 1.165) is 5.57 Å². The van der Waals surface area contributed by atoms with Gasteiger partial charge in [0.1, 0.15) is 5.69 Å². The molecule has 1 aliphatic rings. The van der Waals surface area contributed by atoms with Crippen molar-refractivity contribution < 1.29 is 14.3 Å². The lowest BCUT2D eigenvalue weighted by molar-refractivity contribution is 0.0589. The van der Waals surface area contributed by atoms with Crippen LogP contribution in [0.15, 0.2) is 16.4 Å². The molecule has 3 rings (SSSR count). The minimum Gasteiger partial charge on any atom is -0.464 e. The van der Waals surface area contributed by atoms with Crippen molar-refractivity contribution in [2.75, 3.05) is 7.11 Å². The van der Waals surface area contributed by atoms with E-state index >= 15 is 0 Å². The number of nitrogens with zero attached hydrogens (tertiary/aromatic N) is 2. The molecule has 2 aromatic heterocycles. The van der Waals surface area contributed by atoms with Gasteiger partial charge in [-0.3, -0.25) is 9.59 Å². The van der Waals surface area contributed by atoms with Crippen molar-refractivity contribution in [2.45, 2.75) is 27.2 Å². The normalized spacial score (nSPS) is 13.9. The smallest absolute Gasteiger partial charge is 0.354 e. The summed E-state index contributed by atoms with van der Waals surface area (Å²) in [5.74, 6) is -0.786. The second-order valence-corrected chi connectivity index (χ2v) is 5.72. The summed E-state index contributed by atoms with van der Waals surface area (Å²) in [6.07, 6.45) is 0.662. The third kappa shape index (κ3) is 1.78. The minimum atomic E-state index is -0.500. The highest BCUT2D eigenvalue weighted by Crippen LogP contribution is 2.32. The van der Waals surface area contributed by atoms with Gasteiger partial charge in [0.15, 0.2) is 0 Å². The van der Waals surface area contributed by atoms with Crippen molar-refractivity contribution in [1.82, 2.24) is 9.13 Å². The van der Waals surface area contributed by atoms with Gasteiger partial charge in [0.25, 0.3) is 11.5 Å². The Labute approximate surface area is 133 Å². The molecule has 0 atom stereocenters. The Balaban J connectivity index is 2.48. The van der Waals surface area contributed by atoms with Crippen LogP contribution in [-0.4, -0.2) is 28.1 Å². The van der Waals surface area contributed by atoms with Gasteiger partial charge in [-0.25, -0.2) is 9.36 Å². The van der Waals surface area contributed by atoms with Gasteiger partial charge in [0.05, 0.1) is 23.7 Å². The first-order chi connectivity index (χ1) is 10.8. The van der Waals surface area contributed by atoms with Gasteiger partial charge in [0, 0.05) is 12.6 Å². The molecule has 120 valence electrons. The highest BCUT2D eigenvalue weighted by molar-refractivity contribution is 6.10. The zero-order valence-corrected chi connectivity index (χ0v) is 13.8. The molecule has 0 amide bonds. The van der Waals surface area contributed by atoms with Crippen molar-refractivity contribution in [3.63, 3.8) is 0 Å². The predicted molar refractivity (Wildman–Crippen MR) is 86.8 cm³/mol. The molecule has 0 spiro atoms. The lowest BCUT2D eigenvalue weighted by Crippen LogP contribution is -2.26. The van der Waals surface area contributed by atoms with Gasteiger partial charge in [0.2, 0.25) is 0 Å². The highest BCUT2D eigenvalue weighted by atomic mass is 16.5. The SMILES string of the molecule is CCC1=C(C)C(=O)n2c1cc1c(c(C)c(C(=O)OC)n1C)c2=O. The molecule has 2 aromatic rings. The number of carbonyl (C=O) groups is 2. The van der Waals surface area contributed by atoms with E-state index in [4.69, 9.17) is 4.74 Å². The molecule has 0 saturated heterocycles. The Bertz CT molecular complexity index is 973. The average molecular weight is 314 g/mol. The summed E-state index contributed by atoms with van der Waals surface area (Å²) in [7, 11) is 3.02. The summed E-state index contributed by atoms with van der Waals surface area (Å²) >= 11 is 0. The van der Waals surface area contributed by atoms with Crippen LogP contribution in [0.5, 0.6) is 0 Å². The molecule has 0 unspecified atom stereocenters. The van der Waals surface area contributed by atoms with E-state index in [1.807, 2.05) is 13.0 Å². The summed E-state index contributed by atoms with van der Waals surface area (Å²) in [5, 5.41) is 0.384. The van der Waals surface area contributed by atoms with Crippen molar-refractivity contribution in [3.8, 4) is 0 Å². The number of methoxy groups -OCH3 is 1. The van der Waals surface area contributed by atoms with E-state index in [1.165, 1.54) is 11.7 Å². The maximum atomic E-state index is 12.9. The number of hydrogen-bond donors (Lipinski definition) is 0. The summed E-state index contributed by atoms with van der Waals surface area (Å²) < 4.78 is 7.67. The molecule has 1 aliphatic heterocycles. The molecule has 6 nitrogen and oxygen atoms in total. The molecule has 3 heterocycles. The number of fused-ring (bicyclic) bond motifs is 2. The third-order valence-electron chi connectivity index (χ3n) is 4.63. The topological polar surface area (TPSA) is 70.3 Å². The fraction of sp³-hybridized carbons (Fsp3) is 0.353. The Hall–Kier alpha value is -2.63. The fourth-order valence-electron chi connectivity index (χ4n) is 3.45. The second-order valence-electron chi connectivity index (χ2n) is 5.72. The predicted octanol–water partition coefficient (Wildman–Crippen LogP) is 2.27. The number of pyridine rings is 1. The van der Waals surface area contributed by atoms with Crippen LogP contribution in [0.4, 0.5) is 0 Å². The number of allylic oxidation sites excluding steroid dienone is 2. The first kappa shape index (κ1) is 15.3. The number of esters is 1. The van der Waals surface area contributed by atoms with E-state index in [1.54, 1.807) is 25.5 Å². The number of hydrogen-bond acceptors (Lipinski definition) is 4. The Morgan fingerprint density at radius 3 is 2.48 bits per heavy atom. The lowest BCUT2D eigenvalue weighted by atomic mass is 10.1. The summed E-state index contributed by atoms with van der Waals surface area (Å²) in [4.78, 5) is 37.3. The molecule has 6 heteroatoms. The number of aryl methyl sites for hydroxylation is 2. The van der Waals surface area contributed by atoms with Crippen LogP contribution in [0.3, 0.4) is 0 Å². The first-order valence-corrected chi connectivity index (χ1v) is 7.43. The summed E-state index contributed by atoms with van der Waals surface area (Å²) in [6.45, 7) is 5.39. The number of carbonyl (C=O) groups excluding carboxylic acids is 2. The molecule has 0 radical (unpaired) electrons. The monoisotopic (exact) mass is 314 g/mol. The van der Waals surface area contributed by atoms with Gasteiger partial charge in [-0.15, -0.1) is 0 Å². The molecule has 0 bridgehead atoms. The van der Waals surface area contributed by atoms with Crippen molar-refractivity contribution >= 4 is 28.4 Å². The van der Waals surface area contributed by atoms with Crippen LogP contribution in [0.1, 0.15) is 46.8 Å². The first-order valence-electron chi connectivity index (χ1n) is 7.43. The van der Waals surface area contributed by atoms with E-state index in [2.05, 4.69) is 0 Å². The Kier molecular flexibility index (Phi) is 3.28. The third-order valence-corrected chi connectivity index (χ3v) is 4.63. The quantitative estimate of drug-likeness (QED) is 0.797. The second kappa shape index (κ2) is 4.94. The van der Waals surface area contributed by atoms with Gasteiger partial charge < -0.3 is 9.30 Å². The highest BCUT2D eigenvalue weighted by Gasteiger charge is 2.30. The molecule has 0 fully saturated rings. The van der Waals surface area contributed by atoms with Crippen LogP contribution in [0.2, 0.25) is 0 Å². The van der Waals surface area contributed by atoms with Crippen molar-refractivity contribution in [1.29, 1.82) is 0 Å². The van der Waals surface area contributed by atoms with Crippen molar-refractivity contribution in [3.05, 3.63) is 38.9 Å². The van der Waals surface area contributed by atoms with Gasteiger partial charge in [-0.2, -0.15) is 0 Å². The molecule has 0 saturated carbocycles. The minimum absolute atomic E-state index is 0.286. The van der Waals surface area contributed by atoms with E-state index < -0.39 is 5.97 Å². The molecule has 0 N–H and O–H groups in total. The van der Waals surface area contributed by atoms with Crippen LogP contribution in [0, 0.1) is 6.92 Å². The van der Waals surface area contributed by atoms with Gasteiger partial charge >= 0.3 is 5.97 Å². The number of aromatic nitrogens is 2. The standard InChI is InChI=1S/C17H18N2O4/c1-6-10-8(2)15(20)19-11(10)7-12-13(16(19)21)9(3)14(18(12)4)17(22)23-5/h7H,6H2,1-5H3. The summed E-state index contributed by atoms with van der Waals surface area (Å²) in [6, 6.07) is 1.81. The van der Waals surface area contributed by atoms with E-state index in [0.29, 0.717) is 39.8 Å². The van der Waals surface area contributed by atoms with Crippen LogP contribution >= 0.6 is 0 Å². The Morgan fingerprint density at radius 1 is 1.26 bits per heavy atom. The van der Waals surface area contributed by atoms with E-state index in [-0.39, 0.29) is 11.5 Å². The molecule has 23 heavy (non-hydrogen) atoms. The average Bonchev–Trinajstić information content (AvgIpc) is 2.92. The summed E-state index contributed by atoms with van der Waals surface area (Å²) in [5.41, 5.74) is 3.20. The fourth-order valence-corrected chi connectivity index (χ4v) is 3.45. The number of ether oxygens (including phenoxy) is 1. The molecule has 0 aliphatic carbocycles. The molecular weight excluding hydrogens is 296 g/mol.